The zero-order chi connectivity index (χ0) is 11.5. The van der Waals surface area contributed by atoms with Gasteiger partial charge in [0.2, 0.25) is 0 Å². The summed E-state index contributed by atoms with van der Waals surface area (Å²) in [5.41, 5.74) is 0.626. The zero-order valence-electron chi connectivity index (χ0n) is 8.77. The average Bonchev–Trinajstić information content (AvgIpc) is 2.27. The largest absolute Gasteiger partial charge is 0.314 e. The minimum atomic E-state index is -0.688. The van der Waals surface area contributed by atoms with Crippen LogP contribution in [0, 0.1) is 11.6 Å². The molecule has 1 N–H and O–H groups in total. The first kappa shape index (κ1) is 11.8. The molecule has 0 unspecified atom stereocenters. The number of hydrogen-bond acceptors (Lipinski definition) is 2. The van der Waals surface area contributed by atoms with Gasteiger partial charge in [0.15, 0.2) is 0 Å². The van der Waals surface area contributed by atoms with Crippen molar-refractivity contribution in [3.63, 3.8) is 0 Å². The monoisotopic (exact) mass is 246 g/mol. The van der Waals surface area contributed by atoms with E-state index in [9.17, 15) is 8.78 Å². The van der Waals surface area contributed by atoms with Crippen LogP contribution >= 0.6 is 11.6 Å². The van der Waals surface area contributed by atoms with E-state index in [1.807, 2.05) is 0 Å². The first-order chi connectivity index (χ1) is 7.66. The van der Waals surface area contributed by atoms with E-state index in [1.54, 1.807) is 0 Å². The van der Waals surface area contributed by atoms with Gasteiger partial charge in [0.05, 0.1) is 0 Å². The number of rotatable bonds is 2. The molecular weight excluding hydrogens is 234 g/mol. The third kappa shape index (κ3) is 2.70. The topological polar surface area (TPSA) is 15.3 Å². The normalized spacial score (nSPS) is 17.7. The summed E-state index contributed by atoms with van der Waals surface area (Å²) in [5, 5.41) is 2.79. The van der Waals surface area contributed by atoms with Crippen LogP contribution < -0.4 is 5.32 Å². The number of benzene rings is 1. The summed E-state index contributed by atoms with van der Waals surface area (Å²) in [4.78, 5) is 2.15. The molecule has 16 heavy (non-hydrogen) atoms. The predicted octanol–water partition coefficient (Wildman–Crippen LogP) is 2.02. The van der Waals surface area contributed by atoms with E-state index in [0.717, 1.165) is 26.2 Å². The number of nitrogens with zero attached hydrogens (tertiary/aromatic N) is 1. The molecule has 0 radical (unpaired) electrons. The zero-order valence-corrected chi connectivity index (χ0v) is 9.53. The van der Waals surface area contributed by atoms with Gasteiger partial charge >= 0.3 is 0 Å². The summed E-state index contributed by atoms with van der Waals surface area (Å²) in [7, 11) is 0. The highest BCUT2D eigenvalue weighted by Gasteiger charge is 2.13. The maximum atomic E-state index is 13.2. The maximum absolute atomic E-state index is 13.2. The molecule has 0 spiro atoms. The first-order valence-electron chi connectivity index (χ1n) is 5.23. The van der Waals surface area contributed by atoms with Crippen molar-refractivity contribution >= 4 is 11.6 Å². The molecule has 0 atom stereocenters. The Labute approximate surface area is 98.2 Å². The molecule has 0 aromatic heterocycles. The van der Waals surface area contributed by atoms with Crippen molar-refractivity contribution in [2.75, 3.05) is 26.2 Å². The molecule has 1 aliphatic heterocycles. The molecule has 0 bridgehead atoms. The number of nitrogens with one attached hydrogen (secondary N) is 1. The van der Waals surface area contributed by atoms with Crippen molar-refractivity contribution in [1.29, 1.82) is 0 Å². The van der Waals surface area contributed by atoms with Crippen LogP contribution in [0.25, 0.3) is 0 Å². The quantitative estimate of drug-likeness (QED) is 0.804. The summed E-state index contributed by atoms with van der Waals surface area (Å²) < 4.78 is 26.4. The van der Waals surface area contributed by atoms with Crippen molar-refractivity contribution in [2.45, 2.75) is 6.54 Å². The Bertz CT molecular complexity index is 355. The smallest absolute Gasteiger partial charge is 0.145 e. The molecule has 1 fully saturated rings. The van der Waals surface area contributed by atoms with Crippen LogP contribution in [-0.2, 0) is 6.54 Å². The van der Waals surface area contributed by atoms with E-state index in [1.165, 1.54) is 12.1 Å². The summed E-state index contributed by atoms with van der Waals surface area (Å²) in [6.07, 6.45) is 0. The fourth-order valence-corrected chi connectivity index (χ4v) is 1.94. The van der Waals surface area contributed by atoms with Gasteiger partial charge < -0.3 is 5.32 Å². The molecule has 5 heteroatoms. The third-order valence-corrected chi connectivity index (χ3v) is 3.02. The van der Waals surface area contributed by atoms with Crippen LogP contribution in [0.5, 0.6) is 0 Å². The van der Waals surface area contributed by atoms with E-state index < -0.39 is 16.7 Å². The molecule has 1 aliphatic rings. The van der Waals surface area contributed by atoms with Crippen LogP contribution in [0.2, 0.25) is 5.02 Å². The Kier molecular flexibility index (Phi) is 3.74. The second-order valence-corrected chi connectivity index (χ2v) is 4.28. The van der Waals surface area contributed by atoms with Gasteiger partial charge in [0, 0.05) is 32.7 Å². The van der Waals surface area contributed by atoms with Crippen LogP contribution in [0.3, 0.4) is 0 Å². The lowest BCUT2D eigenvalue weighted by atomic mass is 10.2. The van der Waals surface area contributed by atoms with E-state index in [4.69, 9.17) is 11.6 Å². The third-order valence-electron chi connectivity index (χ3n) is 2.66. The van der Waals surface area contributed by atoms with E-state index >= 15 is 0 Å². The Hall–Kier alpha value is -0.710. The van der Waals surface area contributed by atoms with E-state index in [-0.39, 0.29) is 0 Å². The molecule has 2 rings (SSSR count). The van der Waals surface area contributed by atoms with Gasteiger partial charge in [0.25, 0.3) is 0 Å². The minimum Gasteiger partial charge on any atom is -0.314 e. The number of hydrogen-bond donors (Lipinski definition) is 1. The van der Waals surface area contributed by atoms with Gasteiger partial charge in [-0.25, -0.2) is 8.78 Å². The van der Waals surface area contributed by atoms with Gasteiger partial charge in [-0.3, -0.25) is 4.90 Å². The fourth-order valence-electron chi connectivity index (χ4n) is 1.83. The highest BCUT2D eigenvalue weighted by atomic mass is 35.5. The van der Waals surface area contributed by atoms with E-state index in [2.05, 4.69) is 10.2 Å². The Morgan fingerprint density at radius 2 is 1.75 bits per heavy atom. The molecule has 1 aromatic rings. The lowest BCUT2D eigenvalue weighted by Gasteiger charge is -2.27. The number of halogens is 3. The Balaban J connectivity index is 2.09. The van der Waals surface area contributed by atoms with Crippen molar-refractivity contribution in [3.05, 3.63) is 34.4 Å². The highest BCUT2D eigenvalue weighted by Crippen LogP contribution is 2.21. The molecule has 2 nitrogen and oxygen atoms in total. The first-order valence-corrected chi connectivity index (χ1v) is 5.61. The molecular formula is C11H13ClF2N2. The van der Waals surface area contributed by atoms with Crippen LogP contribution in [0.15, 0.2) is 12.1 Å². The molecule has 0 aliphatic carbocycles. The molecule has 0 saturated carbocycles. The fraction of sp³-hybridized carbons (Fsp3) is 0.455. The molecule has 88 valence electrons. The van der Waals surface area contributed by atoms with Gasteiger partial charge in [-0.1, -0.05) is 11.6 Å². The minimum absolute atomic E-state index is 0.427. The summed E-state index contributed by atoms with van der Waals surface area (Å²) in [6.45, 7) is 4.18. The highest BCUT2D eigenvalue weighted by molar-refractivity contribution is 6.30. The van der Waals surface area contributed by atoms with Crippen LogP contribution in [0.1, 0.15) is 5.56 Å². The second-order valence-electron chi connectivity index (χ2n) is 3.90. The van der Waals surface area contributed by atoms with E-state index in [0.29, 0.717) is 12.1 Å². The lowest BCUT2D eigenvalue weighted by Crippen LogP contribution is -2.42. The second kappa shape index (κ2) is 5.08. The Morgan fingerprint density at radius 1 is 1.19 bits per heavy atom. The molecule has 1 heterocycles. The standard InChI is InChI=1S/C11H13ClF2N2/c12-11-9(13)5-8(6-10(11)14)7-16-3-1-15-2-4-16/h5-6,15H,1-4,7H2. The van der Waals surface area contributed by atoms with Gasteiger partial charge in [-0.15, -0.1) is 0 Å². The summed E-state index contributed by atoms with van der Waals surface area (Å²) in [5.74, 6) is -1.38. The summed E-state index contributed by atoms with van der Waals surface area (Å²) >= 11 is 5.42. The van der Waals surface area contributed by atoms with Crippen molar-refractivity contribution in [2.24, 2.45) is 0 Å². The molecule has 1 aromatic carbocycles. The summed E-state index contributed by atoms with van der Waals surface area (Å²) in [6, 6.07) is 2.60. The van der Waals surface area contributed by atoms with Gasteiger partial charge in [-0.05, 0) is 17.7 Å². The van der Waals surface area contributed by atoms with Crippen LogP contribution in [0.4, 0.5) is 8.78 Å². The van der Waals surface area contributed by atoms with Crippen molar-refractivity contribution < 1.29 is 8.78 Å². The average molecular weight is 247 g/mol. The van der Waals surface area contributed by atoms with Gasteiger partial charge in [0.1, 0.15) is 16.7 Å². The molecule has 0 amide bonds. The maximum Gasteiger partial charge on any atom is 0.145 e. The SMILES string of the molecule is Fc1cc(CN2CCNCC2)cc(F)c1Cl. The molecule has 1 saturated heterocycles. The van der Waals surface area contributed by atoms with Crippen molar-refractivity contribution in [1.82, 2.24) is 10.2 Å². The lowest BCUT2D eigenvalue weighted by molar-refractivity contribution is 0.232. The van der Waals surface area contributed by atoms with Gasteiger partial charge in [-0.2, -0.15) is 0 Å². The number of piperazine rings is 1. The Morgan fingerprint density at radius 3 is 2.31 bits per heavy atom. The van der Waals surface area contributed by atoms with Crippen LogP contribution in [-0.4, -0.2) is 31.1 Å². The van der Waals surface area contributed by atoms with Crippen molar-refractivity contribution in [3.8, 4) is 0 Å². The predicted molar refractivity (Wildman–Crippen MR) is 59.5 cm³/mol.